The highest BCUT2D eigenvalue weighted by Crippen LogP contribution is 2.27. The molecule has 2 unspecified atom stereocenters. The maximum Gasteiger partial charge on any atom is 0.120 e. The molecule has 0 aliphatic heterocycles. The average Bonchev–Trinajstić information content (AvgIpc) is 2.65. The number of nitrogens with two attached hydrogens (primary N) is 1. The van der Waals surface area contributed by atoms with Crippen LogP contribution in [0.5, 0.6) is 5.75 Å². The predicted molar refractivity (Wildman–Crippen MR) is 69.6 cm³/mol. The first kappa shape index (κ1) is 11.9. The lowest BCUT2D eigenvalue weighted by atomic mass is 10.0. The van der Waals surface area contributed by atoms with Crippen molar-refractivity contribution in [3.8, 4) is 5.75 Å². The second kappa shape index (κ2) is 5.69. The van der Waals surface area contributed by atoms with Crippen molar-refractivity contribution < 1.29 is 4.74 Å². The van der Waals surface area contributed by atoms with Crippen LogP contribution in [0.3, 0.4) is 0 Å². The molecule has 2 N–H and O–H groups in total. The molecule has 0 amide bonds. The van der Waals surface area contributed by atoms with E-state index in [0.29, 0.717) is 12.0 Å². The summed E-state index contributed by atoms with van der Waals surface area (Å²) < 4.78 is 6.77. The van der Waals surface area contributed by atoms with Crippen molar-refractivity contribution in [2.75, 3.05) is 6.61 Å². The highest BCUT2D eigenvalue weighted by Gasteiger charge is 2.23. The summed E-state index contributed by atoms with van der Waals surface area (Å²) in [5.41, 5.74) is 6.02. The molecule has 0 aromatic heterocycles. The van der Waals surface area contributed by atoms with Gasteiger partial charge in [0.2, 0.25) is 0 Å². The summed E-state index contributed by atoms with van der Waals surface area (Å²) in [5.74, 6) is 1.59. The minimum absolute atomic E-state index is 0.395. The molecule has 2 nitrogen and oxygen atoms in total. The van der Waals surface area contributed by atoms with Crippen LogP contribution in [0.15, 0.2) is 28.7 Å². The van der Waals surface area contributed by atoms with E-state index in [-0.39, 0.29) is 0 Å². The number of ether oxygens (including phenoxy) is 1. The van der Waals surface area contributed by atoms with Crippen LogP contribution in [0.2, 0.25) is 0 Å². The average molecular weight is 284 g/mol. The monoisotopic (exact) mass is 283 g/mol. The molecular formula is C13H18BrNO. The maximum absolute atomic E-state index is 6.02. The molecule has 1 aliphatic rings. The third-order valence-corrected chi connectivity index (χ3v) is 3.76. The standard InChI is InChI=1S/C13H18BrNO/c14-11-4-2-5-12(9-11)16-8-7-10-3-1-6-13(10)15/h2,4-5,9-10,13H,1,3,6-8,15H2. The molecule has 0 radical (unpaired) electrons. The van der Waals surface area contributed by atoms with Crippen LogP contribution >= 0.6 is 15.9 Å². The molecule has 3 heteroatoms. The van der Waals surface area contributed by atoms with Crippen molar-refractivity contribution >= 4 is 15.9 Å². The van der Waals surface area contributed by atoms with Gasteiger partial charge in [0, 0.05) is 10.5 Å². The Hall–Kier alpha value is -0.540. The lowest BCUT2D eigenvalue weighted by molar-refractivity contribution is 0.271. The fourth-order valence-corrected chi connectivity index (χ4v) is 2.69. The maximum atomic E-state index is 6.02. The van der Waals surface area contributed by atoms with E-state index in [2.05, 4.69) is 15.9 Å². The van der Waals surface area contributed by atoms with Crippen LogP contribution in [-0.2, 0) is 0 Å². The van der Waals surface area contributed by atoms with E-state index < -0.39 is 0 Å². The van der Waals surface area contributed by atoms with Gasteiger partial charge in [-0.1, -0.05) is 28.4 Å². The van der Waals surface area contributed by atoms with Crippen LogP contribution in [-0.4, -0.2) is 12.6 Å². The summed E-state index contributed by atoms with van der Waals surface area (Å²) in [6, 6.07) is 8.36. The molecule has 0 saturated heterocycles. The number of halogens is 1. The van der Waals surface area contributed by atoms with E-state index in [0.717, 1.165) is 23.2 Å². The van der Waals surface area contributed by atoms with Crippen LogP contribution in [0.1, 0.15) is 25.7 Å². The molecule has 0 heterocycles. The van der Waals surface area contributed by atoms with E-state index in [4.69, 9.17) is 10.5 Å². The Morgan fingerprint density at radius 3 is 2.94 bits per heavy atom. The number of rotatable bonds is 4. The molecule has 2 atom stereocenters. The topological polar surface area (TPSA) is 35.2 Å². The lowest BCUT2D eigenvalue weighted by Crippen LogP contribution is -2.25. The van der Waals surface area contributed by atoms with Gasteiger partial charge in [-0.05, 0) is 43.4 Å². The van der Waals surface area contributed by atoms with E-state index in [1.54, 1.807) is 0 Å². The van der Waals surface area contributed by atoms with Gasteiger partial charge in [0.05, 0.1) is 6.61 Å². The van der Waals surface area contributed by atoms with Gasteiger partial charge in [0.1, 0.15) is 5.75 Å². The molecular weight excluding hydrogens is 266 g/mol. The van der Waals surface area contributed by atoms with Gasteiger partial charge in [-0.3, -0.25) is 0 Å². The van der Waals surface area contributed by atoms with E-state index in [1.807, 2.05) is 24.3 Å². The zero-order valence-electron chi connectivity index (χ0n) is 9.36. The molecule has 0 spiro atoms. The minimum Gasteiger partial charge on any atom is -0.494 e. The van der Waals surface area contributed by atoms with Gasteiger partial charge in [-0.15, -0.1) is 0 Å². The molecule has 1 fully saturated rings. The lowest BCUT2D eigenvalue weighted by Gasteiger charge is -2.15. The van der Waals surface area contributed by atoms with Crippen molar-refractivity contribution in [3.05, 3.63) is 28.7 Å². The molecule has 0 bridgehead atoms. The second-order valence-electron chi connectivity index (χ2n) is 4.45. The molecule has 1 saturated carbocycles. The summed E-state index contributed by atoms with van der Waals surface area (Å²) in [5, 5.41) is 0. The van der Waals surface area contributed by atoms with Crippen molar-refractivity contribution in [1.82, 2.24) is 0 Å². The van der Waals surface area contributed by atoms with Gasteiger partial charge in [-0.2, -0.15) is 0 Å². The molecule has 1 aromatic carbocycles. The molecule has 1 aliphatic carbocycles. The first-order valence-electron chi connectivity index (χ1n) is 5.89. The normalized spacial score (nSPS) is 24.6. The summed E-state index contributed by atoms with van der Waals surface area (Å²) >= 11 is 3.43. The second-order valence-corrected chi connectivity index (χ2v) is 5.37. The van der Waals surface area contributed by atoms with Crippen LogP contribution < -0.4 is 10.5 Å². The summed E-state index contributed by atoms with van der Waals surface area (Å²) in [6.07, 6.45) is 4.81. The number of benzene rings is 1. The van der Waals surface area contributed by atoms with E-state index in [1.165, 1.54) is 19.3 Å². The third kappa shape index (κ3) is 3.22. The first-order valence-corrected chi connectivity index (χ1v) is 6.69. The Morgan fingerprint density at radius 1 is 1.38 bits per heavy atom. The van der Waals surface area contributed by atoms with E-state index >= 15 is 0 Å². The van der Waals surface area contributed by atoms with Gasteiger partial charge < -0.3 is 10.5 Å². The Morgan fingerprint density at radius 2 is 2.25 bits per heavy atom. The minimum atomic E-state index is 0.395. The summed E-state index contributed by atoms with van der Waals surface area (Å²) in [7, 11) is 0. The Labute approximate surface area is 105 Å². The first-order chi connectivity index (χ1) is 7.75. The van der Waals surface area contributed by atoms with Gasteiger partial charge >= 0.3 is 0 Å². The quantitative estimate of drug-likeness (QED) is 0.920. The van der Waals surface area contributed by atoms with Crippen molar-refractivity contribution in [3.63, 3.8) is 0 Å². The Bertz CT molecular complexity index is 342. The summed E-state index contributed by atoms with van der Waals surface area (Å²) in [6.45, 7) is 0.773. The SMILES string of the molecule is NC1CCCC1CCOc1cccc(Br)c1. The highest BCUT2D eigenvalue weighted by molar-refractivity contribution is 9.10. The molecule has 1 aromatic rings. The van der Waals surface area contributed by atoms with E-state index in [9.17, 15) is 0 Å². The highest BCUT2D eigenvalue weighted by atomic mass is 79.9. The predicted octanol–water partition coefficient (Wildman–Crippen LogP) is 3.35. The van der Waals surface area contributed by atoms with Gasteiger partial charge in [-0.25, -0.2) is 0 Å². The molecule has 16 heavy (non-hydrogen) atoms. The molecule has 88 valence electrons. The smallest absolute Gasteiger partial charge is 0.120 e. The molecule has 2 rings (SSSR count). The zero-order valence-corrected chi connectivity index (χ0v) is 10.9. The van der Waals surface area contributed by atoms with Crippen LogP contribution in [0, 0.1) is 5.92 Å². The van der Waals surface area contributed by atoms with Crippen LogP contribution in [0.4, 0.5) is 0 Å². The number of hydrogen-bond donors (Lipinski definition) is 1. The fourth-order valence-electron chi connectivity index (χ4n) is 2.31. The van der Waals surface area contributed by atoms with Crippen molar-refractivity contribution in [2.45, 2.75) is 31.7 Å². The van der Waals surface area contributed by atoms with Crippen LogP contribution in [0.25, 0.3) is 0 Å². The Balaban J connectivity index is 1.75. The zero-order chi connectivity index (χ0) is 11.4. The number of hydrogen-bond acceptors (Lipinski definition) is 2. The van der Waals surface area contributed by atoms with Gasteiger partial charge in [0.25, 0.3) is 0 Å². The van der Waals surface area contributed by atoms with Crippen molar-refractivity contribution in [2.24, 2.45) is 11.7 Å². The largest absolute Gasteiger partial charge is 0.494 e. The Kier molecular flexibility index (Phi) is 4.24. The summed E-state index contributed by atoms with van der Waals surface area (Å²) in [4.78, 5) is 0. The van der Waals surface area contributed by atoms with Gasteiger partial charge in [0.15, 0.2) is 0 Å². The fraction of sp³-hybridized carbons (Fsp3) is 0.538. The third-order valence-electron chi connectivity index (χ3n) is 3.27. The van der Waals surface area contributed by atoms with Crippen molar-refractivity contribution in [1.29, 1.82) is 0 Å².